The van der Waals surface area contributed by atoms with Crippen molar-refractivity contribution in [2.24, 2.45) is 0 Å². The van der Waals surface area contributed by atoms with Gasteiger partial charge in [0, 0.05) is 34.2 Å². The van der Waals surface area contributed by atoms with Gasteiger partial charge in [0.15, 0.2) is 6.29 Å². The Morgan fingerprint density at radius 3 is 2.00 bits per heavy atom. The zero-order chi connectivity index (χ0) is 10.3. The van der Waals surface area contributed by atoms with Crippen LogP contribution in [0.25, 0.3) is 0 Å². The molecular formula is C9H19NO3. The van der Waals surface area contributed by atoms with Crippen LogP contribution in [0.5, 0.6) is 0 Å². The van der Waals surface area contributed by atoms with Gasteiger partial charge in [0.1, 0.15) is 0 Å². The predicted octanol–water partition coefficient (Wildman–Crippen LogP) is 0.864. The molecule has 1 heterocycles. The molecule has 1 rings (SSSR count). The van der Waals surface area contributed by atoms with E-state index >= 15 is 0 Å². The molecule has 0 bridgehead atoms. The Labute approximate surface area is 79.8 Å². The molecule has 4 heteroatoms. The summed E-state index contributed by atoms with van der Waals surface area (Å²) in [4.78, 5) is 12.3. The zero-order valence-electron chi connectivity index (χ0n) is 8.87. The summed E-state index contributed by atoms with van der Waals surface area (Å²) in [5.41, 5.74) is 0. The second-order valence-corrected chi connectivity index (χ2v) is 2.96. The summed E-state index contributed by atoms with van der Waals surface area (Å²) in [5.74, 6) is 0.292. The highest BCUT2D eigenvalue weighted by Gasteiger charge is 2.14. The topological polar surface area (TPSA) is 38.8 Å². The fraction of sp³-hybridized carbons (Fsp3) is 0.889. The van der Waals surface area contributed by atoms with Crippen molar-refractivity contribution in [1.29, 1.82) is 0 Å². The first kappa shape index (κ1) is 12.4. The minimum absolute atomic E-state index is 0.0648. The number of hydrogen-bond donors (Lipinski definition) is 0. The van der Waals surface area contributed by atoms with Crippen molar-refractivity contribution >= 4 is 5.91 Å². The highest BCUT2D eigenvalue weighted by Crippen LogP contribution is 2.04. The van der Waals surface area contributed by atoms with Crippen LogP contribution < -0.4 is 0 Å². The van der Waals surface area contributed by atoms with Gasteiger partial charge in [-0.15, -0.1) is 0 Å². The SMILES string of the molecule is CN1CCCC1=O.COC(C)OC. The van der Waals surface area contributed by atoms with E-state index in [0.29, 0.717) is 5.91 Å². The number of hydrogen-bond acceptors (Lipinski definition) is 3. The number of rotatable bonds is 2. The van der Waals surface area contributed by atoms with Gasteiger partial charge >= 0.3 is 0 Å². The van der Waals surface area contributed by atoms with Crippen LogP contribution in [0.15, 0.2) is 0 Å². The number of ether oxygens (including phenoxy) is 2. The van der Waals surface area contributed by atoms with Crippen molar-refractivity contribution in [3.05, 3.63) is 0 Å². The van der Waals surface area contributed by atoms with Gasteiger partial charge in [-0.05, 0) is 13.3 Å². The van der Waals surface area contributed by atoms with Crippen LogP contribution in [-0.2, 0) is 14.3 Å². The quantitative estimate of drug-likeness (QED) is 0.605. The highest BCUT2D eigenvalue weighted by molar-refractivity contribution is 5.77. The second kappa shape index (κ2) is 6.86. The minimum atomic E-state index is -0.0648. The maximum absolute atomic E-state index is 10.5. The summed E-state index contributed by atoms with van der Waals surface area (Å²) >= 11 is 0. The van der Waals surface area contributed by atoms with Gasteiger partial charge in [0.05, 0.1) is 0 Å². The molecule has 0 aliphatic carbocycles. The Morgan fingerprint density at radius 2 is 1.92 bits per heavy atom. The normalized spacial score (nSPS) is 16.1. The molecule has 1 aliphatic rings. The molecule has 0 radical (unpaired) electrons. The first-order valence-corrected chi connectivity index (χ1v) is 4.41. The van der Waals surface area contributed by atoms with E-state index in [9.17, 15) is 4.79 Å². The van der Waals surface area contributed by atoms with E-state index in [1.807, 2.05) is 14.0 Å². The van der Waals surface area contributed by atoms with E-state index < -0.39 is 0 Å². The Kier molecular flexibility index (Phi) is 6.54. The molecule has 0 aromatic heterocycles. The lowest BCUT2D eigenvalue weighted by Crippen LogP contribution is -2.17. The number of carbonyl (C=O) groups excluding carboxylic acids is 1. The first-order valence-electron chi connectivity index (χ1n) is 4.41. The molecule has 0 aromatic rings. The van der Waals surface area contributed by atoms with E-state index in [4.69, 9.17) is 0 Å². The molecule has 78 valence electrons. The number of nitrogens with zero attached hydrogens (tertiary/aromatic N) is 1. The molecule has 0 aromatic carbocycles. The lowest BCUT2D eigenvalue weighted by atomic mass is 10.4. The Morgan fingerprint density at radius 1 is 1.38 bits per heavy atom. The standard InChI is InChI=1S/C5H9NO.C4H10O2/c1-6-4-2-3-5(6)7;1-4(5-2)6-3/h2-4H2,1H3;4H,1-3H3. The summed E-state index contributed by atoms with van der Waals surface area (Å²) in [6.07, 6.45) is 1.75. The fourth-order valence-electron chi connectivity index (χ4n) is 0.879. The van der Waals surface area contributed by atoms with Gasteiger partial charge in [0.2, 0.25) is 5.91 Å². The molecule has 0 spiro atoms. The van der Waals surface area contributed by atoms with Crippen molar-refractivity contribution in [2.75, 3.05) is 27.8 Å². The van der Waals surface area contributed by atoms with E-state index in [0.717, 1.165) is 19.4 Å². The van der Waals surface area contributed by atoms with Crippen LogP contribution in [-0.4, -0.2) is 44.9 Å². The smallest absolute Gasteiger partial charge is 0.222 e. The van der Waals surface area contributed by atoms with Crippen molar-refractivity contribution in [2.45, 2.75) is 26.1 Å². The van der Waals surface area contributed by atoms with E-state index in [2.05, 4.69) is 9.47 Å². The molecule has 13 heavy (non-hydrogen) atoms. The first-order chi connectivity index (χ1) is 6.11. The molecule has 1 aliphatic heterocycles. The summed E-state index contributed by atoms with van der Waals surface area (Å²) in [5, 5.41) is 0. The molecule has 1 amide bonds. The molecule has 0 unspecified atom stereocenters. The monoisotopic (exact) mass is 189 g/mol. The van der Waals surface area contributed by atoms with Gasteiger partial charge in [-0.2, -0.15) is 0 Å². The summed E-state index contributed by atoms with van der Waals surface area (Å²) < 4.78 is 9.35. The molecule has 1 fully saturated rings. The zero-order valence-corrected chi connectivity index (χ0v) is 8.87. The Hall–Kier alpha value is -0.610. The van der Waals surface area contributed by atoms with E-state index in [1.165, 1.54) is 0 Å². The number of amides is 1. The van der Waals surface area contributed by atoms with Crippen LogP contribution in [0.2, 0.25) is 0 Å². The highest BCUT2D eigenvalue weighted by atomic mass is 16.7. The average Bonchev–Trinajstić information content (AvgIpc) is 2.51. The molecule has 0 N–H and O–H groups in total. The third kappa shape index (κ3) is 5.60. The molecule has 0 saturated carbocycles. The summed E-state index contributed by atoms with van der Waals surface area (Å²) in [7, 11) is 5.05. The predicted molar refractivity (Wildman–Crippen MR) is 50.4 cm³/mol. The van der Waals surface area contributed by atoms with E-state index in [1.54, 1.807) is 19.1 Å². The van der Waals surface area contributed by atoms with Gasteiger partial charge in [-0.25, -0.2) is 0 Å². The van der Waals surface area contributed by atoms with Crippen LogP contribution in [0.4, 0.5) is 0 Å². The van der Waals surface area contributed by atoms with Crippen LogP contribution in [0.1, 0.15) is 19.8 Å². The number of methoxy groups -OCH3 is 2. The fourth-order valence-corrected chi connectivity index (χ4v) is 0.879. The second-order valence-electron chi connectivity index (χ2n) is 2.96. The minimum Gasteiger partial charge on any atom is -0.356 e. The lowest BCUT2D eigenvalue weighted by molar-refractivity contribution is -0.126. The van der Waals surface area contributed by atoms with Crippen LogP contribution in [0, 0.1) is 0 Å². The summed E-state index contributed by atoms with van der Waals surface area (Å²) in [6.45, 7) is 2.79. The van der Waals surface area contributed by atoms with Crippen molar-refractivity contribution in [3.8, 4) is 0 Å². The van der Waals surface area contributed by atoms with E-state index in [-0.39, 0.29) is 6.29 Å². The van der Waals surface area contributed by atoms with Crippen LogP contribution >= 0.6 is 0 Å². The van der Waals surface area contributed by atoms with Gasteiger partial charge in [-0.3, -0.25) is 4.79 Å². The third-order valence-corrected chi connectivity index (χ3v) is 1.97. The van der Waals surface area contributed by atoms with Gasteiger partial charge in [-0.1, -0.05) is 0 Å². The molecule has 4 nitrogen and oxygen atoms in total. The Balaban J connectivity index is 0.000000226. The molecule has 0 atom stereocenters. The molecule has 1 saturated heterocycles. The molecular weight excluding hydrogens is 170 g/mol. The average molecular weight is 189 g/mol. The lowest BCUT2D eigenvalue weighted by Gasteiger charge is -2.03. The maximum atomic E-state index is 10.5. The van der Waals surface area contributed by atoms with Crippen molar-refractivity contribution in [1.82, 2.24) is 4.90 Å². The van der Waals surface area contributed by atoms with Gasteiger partial charge in [0.25, 0.3) is 0 Å². The summed E-state index contributed by atoms with van der Waals surface area (Å²) in [6, 6.07) is 0. The van der Waals surface area contributed by atoms with Crippen molar-refractivity contribution < 1.29 is 14.3 Å². The van der Waals surface area contributed by atoms with Gasteiger partial charge < -0.3 is 14.4 Å². The largest absolute Gasteiger partial charge is 0.356 e. The third-order valence-electron chi connectivity index (χ3n) is 1.97. The van der Waals surface area contributed by atoms with Crippen LogP contribution in [0.3, 0.4) is 0 Å². The Bertz CT molecular complexity index is 146. The maximum Gasteiger partial charge on any atom is 0.222 e. The van der Waals surface area contributed by atoms with Crippen molar-refractivity contribution in [3.63, 3.8) is 0 Å². The number of likely N-dealkylation sites (tertiary alicyclic amines) is 1. The number of carbonyl (C=O) groups is 1.